The topological polar surface area (TPSA) is 78.6 Å². The number of piperidine rings is 1. The molecule has 0 radical (unpaired) electrons. The SMILES string of the molecule is CC1(NCCc2ccccc2N)CCN(C(=O)O)CC1. The molecule has 0 atom stereocenters. The van der Waals surface area contributed by atoms with E-state index in [1.807, 2.05) is 24.3 Å². The summed E-state index contributed by atoms with van der Waals surface area (Å²) in [5.41, 5.74) is 7.94. The predicted molar refractivity (Wildman–Crippen MR) is 79.8 cm³/mol. The maximum absolute atomic E-state index is 10.9. The Bertz CT molecular complexity index is 468. The van der Waals surface area contributed by atoms with E-state index in [1.165, 1.54) is 4.90 Å². The lowest BCUT2D eigenvalue weighted by atomic mass is 9.89. The highest BCUT2D eigenvalue weighted by molar-refractivity contribution is 5.65. The highest BCUT2D eigenvalue weighted by Crippen LogP contribution is 2.22. The number of para-hydroxylation sites is 1. The second-order valence-electron chi connectivity index (χ2n) is 5.71. The van der Waals surface area contributed by atoms with Crippen molar-refractivity contribution in [1.82, 2.24) is 10.2 Å². The maximum Gasteiger partial charge on any atom is 0.407 e. The molecule has 20 heavy (non-hydrogen) atoms. The van der Waals surface area contributed by atoms with Crippen molar-refractivity contribution in [2.24, 2.45) is 0 Å². The van der Waals surface area contributed by atoms with Crippen molar-refractivity contribution >= 4 is 11.8 Å². The van der Waals surface area contributed by atoms with E-state index in [4.69, 9.17) is 10.8 Å². The van der Waals surface area contributed by atoms with Gasteiger partial charge in [-0.05, 0) is 44.4 Å². The van der Waals surface area contributed by atoms with Gasteiger partial charge in [0.1, 0.15) is 0 Å². The Morgan fingerprint density at radius 2 is 2.05 bits per heavy atom. The first-order valence-electron chi connectivity index (χ1n) is 7.06. The van der Waals surface area contributed by atoms with Crippen LogP contribution in [0.5, 0.6) is 0 Å². The summed E-state index contributed by atoms with van der Waals surface area (Å²) in [6.07, 6.45) is 1.78. The van der Waals surface area contributed by atoms with Crippen LogP contribution in [0.2, 0.25) is 0 Å². The third kappa shape index (κ3) is 3.63. The van der Waals surface area contributed by atoms with E-state index in [0.29, 0.717) is 13.1 Å². The zero-order chi connectivity index (χ0) is 14.6. The van der Waals surface area contributed by atoms with Crippen molar-refractivity contribution in [2.45, 2.75) is 31.7 Å². The van der Waals surface area contributed by atoms with Crippen LogP contribution in [0.4, 0.5) is 10.5 Å². The molecule has 2 rings (SSSR count). The van der Waals surface area contributed by atoms with Gasteiger partial charge in [-0.25, -0.2) is 4.79 Å². The first-order valence-corrected chi connectivity index (χ1v) is 7.06. The third-order valence-electron chi connectivity index (χ3n) is 4.14. The molecule has 1 saturated heterocycles. The molecule has 1 aromatic rings. The van der Waals surface area contributed by atoms with Gasteiger partial charge in [-0.1, -0.05) is 18.2 Å². The molecule has 5 heteroatoms. The Hall–Kier alpha value is -1.75. The molecular formula is C15H23N3O2. The number of carboxylic acid groups (broad SMARTS) is 1. The van der Waals surface area contributed by atoms with E-state index < -0.39 is 6.09 Å². The minimum Gasteiger partial charge on any atom is -0.465 e. The molecule has 1 aromatic carbocycles. The van der Waals surface area contributed by atoms with E-state index >= 15 is 0 Å². The van der Waals surface area contributed by atoms with Gasteiger partial charge < -0.3 is 21.1 Å². The van der Waals surface area contributed by atoms with Crippen molar-refractivity contribution in [3.05, 3.63) is 29.8 Å². The quantitative estimate of drug-likeness (QED) is 0.735. The summed E-state index contributed by atoms with van der Waals surface area (Å²) in [6.45, 7) is 4.23. The van der Waals surface area contributed by atoms with Crippen molar-refractivity contribution in [1.29, 1.82) is 0 Å². The number of benzene rings is 1. The second kappa shape index (κ2) is 6.13. The number of nitrogen functional groups attached to an aromatic ring is 1. The average molecular weight is 277 g/mol. The minimum atomic E-state index is -0.816. The number of likely N-dealkylation sites (tertiary alicyclic amines) is 1. The van der Waals surface area contributed by atoms with Gasteiger partial charge in [0.25, 0.3) is 0 Å². The molecule has 0 unspecified atom stereocenters. The van der Waals surface area contributed by atoms with Crippen LogP contribution in [0.1, 0.15) is 25.3 Å². The van der Waals surface area contributed by atoms with E-state index in [-0.39, 0.29) is 5.54 Å². The van der Waals surface area contributed by atoms with Crippen molar-refractivity contribution in [3.8, 4) is 0 Å². The summed E-state index contributed by atoms with van der Waals surface area (Å²) >= 11 is 0. The molecule has 1 amide bonds. The molecule has 4 N–H and O–H groups in total. The Labute approximate surface area is 119 Å². The molecule has 0 bridgehead atoms. The van der Waals surface area contributed by atoms with Crippen molar-refractivity contribution < 1.29 is 9.90 Å². The van der Waals surface area contributed by atoms with Gasteiger partial charge in [-0.3, -0.25) is 0 Å². The zero-order valence-corrected chi connectivity index (χ0v) is 11.9. The van der Waals surface area contributed by atoms with Gasteiger partial charge in [0.15, 0.2) is 0 Å². The van der Waals surface area contributed by atoms with Crippen LogP contribution >= 0.6 is 0 Å². The largest absolute Gasteiger partial charge is 0.465 e. The normalized spacial score (nSPS) is 17.9. The number of anilines is 1. The average Bonchev–Trinajstić information content (AvgIpc) is 2.41. The first kappa shape index (κ1) is 14.7. The van der Waals surface area contributed by atoms with E-state index in [9.17, 15) is 4.79 Å². The second-order valence-corrected chi connectivity index (χ2v) is 5.71. The number of nitrogens with two attached hydrogens (primary N) is 1. The fourth-order valence-corrected chi connectivity index (χ4v) is 2.63. The number of hydrogen-bond donors (Lipinski definition) is 3. The summed E-state index contributed by atoms with van der Waals surface area (Å²) in [5, 5.41) is 12.5. The van der Waals surface area contributed by atoms with Gasteiger partial charge in [-0.2, -0.15) is 0 Å². The van der Waals surface area contributed by atoms with Crippen LogP contribution in [0.3, 0.4) is 0 Å². The van der Waals surface area contributed by atoms with E-state index in [2.05, 4.69) is 12.2 Å². The number of hydrogen-bond acceptors (Lipinski definition) is 3. The van der Waals surface area contributed by atoms with Crippen LogP contribution in [0.25, 0.3) is 0 Å². The minimum absolute atomic E-state index is 0.0233. The highest BCUT2D eigenvalue weighted by Gasteiger charge is 2.31. The fourth-order valence-electron chi connectivity index (χ4n) is 2.63. The lowest BCUT2D eigenvalue weighted by Gasteiger charge is -2.39. The summed E-state index contributed by atoms with van der Waals surface area (Å²) < 4.78 is 0. The van der Waals surface area contributed by atoms with Gasteiger partial charge in [0.2, 0.25) is 0 Å². The fraction of sp³-hybridized carbons (Fsp3) is 0.533. The molecule has 1 aliphatic rings. The molecule has 1 heterocycles. The van der Waals surface area contributed by atoms with Crippen molar-refractivity contribution in [3.63, 3.8) is 0 Å². The van der Waals surface area contributed by atoms with Crippen LogP contribution < -0.4 is 11.1 Å². The van der Waals surface area contributed by atoms with E-state index in [0.717, 1.165) is 37.1 Å². The van der Waals surface area contributed by atoms with Gasteiger partial charge in [0, 0.05) is 24.3 Å². The molecule has 0 saturated carbocycles. The molecule has 0 aromatic heterocycles. The zero-order valence-electron chi connectivity index (χ0n) is 11.9. The van der Waals surface area contributed by atoms with Crippen LogP contribution in [-0.2, 0) is 6.42 Å². The number of nitrogens with one attached hydrogen (secondary N) is 1. The van der Waals surface area contributed by atoms with Crippen LogP contribution in [0, 0.1) is 0 Å². The van der Waals surface area contributed by atoms with E-state index in [1.54, 1.807) is 0 Å². The molecule has 0 aliphatic carbocycles. The summed E-state index contributed by atoms with van der Waals surface area (Å²) in [4.78, 5) is 12.4. The summed E-state index contributed by atoms with van der Waals surface area (Å²) in [7, 11) is 0. The lowest BCUT2D eigenvalue weighted by Crippen LogP contribution is -2.52. The summed E-state index contributed by atoms with van der Waals surface area (Å²) in [6, 6.07) is 7.91. The third-order valence-corrected chi connectivity index (χ3v) is 4.14. The standard InChI is InChI=1S/C15H23N3O2/c1-15(7-10-18(11-8-15)14(19)20)17-9-6-12-4-2-3-5-13(12)16/h2-5,17H,6-11,16H2,1H3,(H,19,20). The molecule has 1 aliphatic heterocycles. The van der Waals surface area contributed by atoms with Gasteiger partial charge >= 0.3 is 6.09 Å². The first-order chi connectivity index (χ1) is 9.50. The molecular weight excluding hydrogens is 254 g/mol. The smallest absolute Gasteiger partial charge is 0.407 e. The monoisotopic (exact) mass is 277 g/mol. The maximum atomic E-state index is 10.9. The Balaban J connectivity index is 1.80. The number of rotatable bonds is 4. The number of carbonyl (C=O) groups is 1. The Morgan fingerprint density at radius 3 is 2.65 bits per heavy atom. The number of amides is 1. The molecule has 1 fully saturated rings. The Kier molecular flexibility index (Phi) is 4.49. The molecule has 110 valence electrons. The summed E-state index contributed by atoms with van der Waals surface area (Å²) in [5.74, 6) is 0. The molecule has 0 spiro atoms. The number of nitrogens with zero attached hydrogens (tertiary/aromatic N) is 1. The van der Waals surface area contributed by atoms with Crippen LogP contribution in [-0.4, -0.2) is 41.3 Å². The molecule has 5 nitrogen and oxygen atoms in total. The van der Waals surface area contributed by atoms with Crippen molar-refractivity contribution in [2.75, 3.05) is 25.4 Å². The lowest BCUT2D eigenvalue weighted by molar-refractivity contribution is 0.112. The van der Waals surface area contributed by atoms with Crippen LogP contribution in [0.15, 0.2) is 24.3 Å². The van der Waals surface area contributed by atoms with Gasteiger partial charge in [0.05, 0.1) is 0 Å². The predicted octanol–water partition coefficient (Wildman–Crippen LogP) is 1.93. The Morgan fingerprint density at radius 1 is 1.40 bits per heavy atom. The van der Waals surface area contributed by atoms with Gasteiger partial charge in [-0.15, -0.1) is 0 Å². The highest BCUT2D eigenvalue weighted by atomic mass is 16.4.